The highest BCUT2D eigenvalue weighted by Crippen LogP contribution is 2.32. The van der Waals surface area contributed by atoms with Crippen LogP contribution in [0.25, 0.3) is 0 Å². The third-order valence-corrected chi connectivity index (χ3v) is 3.16. The molecular weight excluding hydrogens is 244 g/mol. The number of amides is 1. The fourth-order valence-electron chi connectivity index (χ4n) is 1.97. The van der Waals surface area contributed by atoms with Crippen LogP contribution in [-0.4, -0.2) is 31.7 Å². The van der Waals surface area contributed by atoms with Crippen molar-refractivity contribution in [2.24, 2.45) is 0 Å². The number of benzene rings is 1. The van der Waals surface area contributed by atoms with Crippen LogP contribution >= 0.6 is 0 Å². The minimum Gasteiger partial charge on any atom is -0.490 e. The van der Waals surface area contributed by atoms with Gasteiger partial charge in [0.15, 0.2) is 11.5 Å². The van der Waals surface area contributed by atoms with E-state index in [9.17, 15) is 4.79 Å². The minimum atomic E-state index is -0.0265. The summed E-state index contributed by atoms with van der Waals surface area (Å²) in [5, 5.41) is 6.04. The lowest BCUT2D eigenvalue weighted by molar-refractivity contribution is -0.115. The Labute approximate surface area is 112 Å². The van der Waals surface area contributed by atoms with Crippen LogP contribution in [0.15, 0.2) is 18.2 Å². The topological polar surface area (TPSA) is 59.6 Å². The lowest BCUT2D eigenvalue weighted by Crippen LogP contribution is -2.29. The highest BCUT2D eigenvalue weighted by Gasteiger charge is 2.21. The van der Waals surface area contributed by atoms with Crippen molar-refractivity contribution in [2.75, 3.05) is 25.1 Å². The Kier molecular flexibility index (Phi) is 3.55. The molecule has 1 aliphatic heterocycles. The third-order valence-electron chi connectivity index (χ3n) is 3.16. The first-order valence-corrected chi connectivity index (χ1v) is 6.74. The van der Waals surface area contributed by atoms with E-state index in [0.717, 1.165) is 17.9 Å². The minimum absolute atomic E-state index is 0.0265. The molecule has 19 heavy (non-hydrogen) atoms. The number of nitrogens with one attached hydrogen (secondary N) is 2. The summed E-state index contributed by atoms with van der Waals surface area (Å²) >= 11 is 0. The Balaban J connectivity index is 1.60. The Bertz CT molecular complexity index is 472. The smallest absolute Gasteiger partial charge is 0.238 e. The van der Waals surface area contributed by atoms with Gasteiger partial charge in [-0.25, -0.2) is 0 Å². The predicted molar refractivity (Wildman–Crippen MR) is 71.7 cm³/mol. The molecule has 0 atom stereocenters. The molecule has 3 rings (SSSR count). The Hall–Kier alpha value is -1.75. The molecule has 0 radical (unpaired) electrons. The van der Waals surface area contributed by atoms with E-state index in [4.69, 9.17) is 9.47 Å². The summed E-state index contributed by atoms with van der Waals surface area (Å²) in [7, 11) is 0. The highest BCUT2D eigenvalue weighted by atomic mass is 16.5. The van der Waals surface area contributed by atoms with Gasteiger partial charge >= 0.3 is 0 Å². The molecule has 2 N–H and O–H groups in total. The maximum atomic E-state index is 11.7. The number of rotatable bonds is 4. The van der Waals surface area contributed by atoms with E-state index in [-0.39, 0.29) is 5.91 Å². The van der Waals surface area contributed by atoms with Crippen LogP contribution < -0.4 is 20.1 Å². The van der Waals surface area contributed by atoms with Gasteiger partial charge in [0.25, 0.3) is 0 Å². The number of anilines is 1. The molecule has 5 nitrogen and oxygen atoms in total. The van der Waals surface area contributed by atoms with Gasteiger partial charge in [-0.15, -0.1) is 0 Å². The predicted octanol–water partition coefficient (Wildman–Crippen LogP) is 1.54. The van der Waals surface area contributed by atoms with Crippen molar-refractivity contribution in [2.45, 2.75) is 25.3 Å². The first-order chi connectivity index (χ1) is 9.31. The van der Waals surface area contributed by atoms with E-state index in [1.54, 1.807) is 0 Å². The van der Waals surface area contributed by atoms with Gasteiger partial charge in [-0.2, -0.15) is 0 Å². The number of carbonyl (C=O) groups is 1. The molecule has 102 valence electrons. The van der Waals surface area contributed by atoms with Crippen LogP contribution in [0.2, 0.25) is 0 Å². The maximum Gasteiger partial charge on any atom is 0.238 e. The first kappa shape index (κ1) is 12.3. The number of hydrogen-bond donors (Lipinski definition) is 2. The zero-order valence-electron chi connectivity index (χ0n) is 10.8. The molecule has 0 aromatic heterocycles. The molecule has 0 bridgehead atoms. The molecule has 1 aromatic carbocycles. The summed E-state index contributed by atoms with van der Waals surface area (Å²) in [4.78, 5) is 11.7. The molecule has 1 aliphatic carbocycles. The standard InChI is InChI=1S/C14H18N2O3/c17-14(9-15-10-2-3-10)16-11-4-5-12-13(8-11)19-7-1-6-18-12/h4-5,8,10,15H,1-3,6-7,9H2,(H,16,17). The van der Waals surface area contributed by atoms with Crippen LogP contribution in [0, 0.1) is 0 Å². The average Bonchev–Trinajstić information content (AvgIpc) is 3.23. The van der Waals surface area contributed by atoms with Gasteiger partial charge < -0.3 is 20.1 Å². The number of fused-ring (bicyclic) bond motifs is 1. The quantitative estimate of drug-likeness (QED) is 0.864. The van der Waals surface area contributed by atoms with Crippen LogP contribution in [-0.2, 0) is 4.79 Å². The highest BCUT2D eigenvalue weighted by molar-refractivity contribution is 5.92. The SMILES string of the molecule is O=C(CNC1CC1)Nc1ccc2c(c1)OCCCO2. The van der Waals surface area contributed by atoms with E-state index in [1.165, 1.54) is 12.8 Å². The van der Waals surface area contributed by atoms with Crippen molar-refractivity contribution in [1.29, 1.82) is 0 Å². The van der Waals surface area contributed by atoms with Crippen molar-refractivity contribution in [1.82, 2.24) is 5.32 Å². The number of carbonyl (C=O) groups excluding carboxylic acids is 1. The molecule has 1 aromatic rings. The van der Waals surface area contributed by atoms with E-state index < -0.39 is 0 Å². The van der Waals surface area contributed by atoms with Gasteiger partial charge in [0.2, 0.25) is 5.91 Å². The molecule has 1 fully saturated rings. The molecular formula is C14H18N2O3. The molecule has 0 spiro atoms. The zero-order chi connectivity index (χ0) is 13.1. The molecule has 2 aliphatic rings. The van der Waals surface area contributed by atoms with Gasteiger partial charge in [-0.05, 0) is 25.0 Å². The number of hydrogen-bond acceptors (Lipinski definition) is 4. The summed E-state index contributed by atoms with van der Waals surface area (Å²) < 4.78 is 11.1. The van der Waals surface area contributed by atoms with Gasteiger partial charge in [0.05, 0.1) is 19.8 Å². The van der Waals surface area contributed by atoms with Gasteiger partial charge in [-0.3, -0.25) is 4.79 Å². The average molecular weight is 262 g/mol. The van der Waals surface area contributed by atoms with Crippen molar-refractivity contribution in [3.8, 4) is 11.5 Å². The van der Waals surface area contributed by atoms with Crippen molar-refractivity contribution in [3.05, 3.63) is 18.2 Å². The monoisotopic (exact) mass is 262 g/mol. The normalized spacial score (nSPS) is 17.7. The van der Waals surface area contributed by atoms with Gasteiger partial charge in [-0.1, -0.05) is 0 Å². The Morgan fingerprint density at radius 3 is 2.79 bits per heavy atom. The van der Waals surface area contributed by atoms with Gasteiger partial charge in [0.1, 0.15) is 0 Å². The van der Waals surface area contributed by atoms with E-state index >= 15 is 0 Å². The number of ether oxygens (including phenoxy) is 2. The molecule has 1 saturated carbocycles. The van der Waals surface area contributed by atoms with E-state index in [1.807, 2.05) is 18.2 Å². The summed E-state index contributed by atoms with van der Waals surface area (Å²) in [5.41, 5.74) is 0.742. The second-order valence-corrected chi connectivity index (χ2v) is 4.92. The lowest BCUT2D eigenvalue weighted by atomic mass is 10.2. The largest absolute Gasteiger partial charge is 0.490 e. The van der Waals surface area contributed by atoms with Gasteiger partial charge in [0, 0.05) is 24.2 Å². The molecule has 1 heterocycles. The van der Waals surface area contributed by atoms with Crippen molar-refractivity contribution in [3.63, 3.8) is 0 Å². The van der Waals surface area contributed by atoms with E-state index in [2.05, 4.69) is 10.6 Å². The second-order valence-electron chi connectivity index (χ2n) is 4.92. The molecule has 5 heteroatoms. The van der Waals surface area contributed by atoms with Crippen LogP contribution in [0.1, 0.15) is 19.3 Å². The first-order valence-electron chi connectivity index (χ1n) is 6.74. The maximum absolute atomic E-state index is 11.7. The van der Waals surface area contributed by atoms with Crippen molar-refractivity contribution >= 4 is 11.6 Å². The second kappa shape index (κ2) is 5.48. The fraction of sp³-hybridized carbons (Fsp3) is 0.500. The van der Waals surface area contributed by atoms with Crippen LogP contribution in [0.5, 0.6) is 11.5 Å². The Morgan fingerprint density at radius 1 is 1.21 bits per heavy atom. The molecule has 0 unspecified atom stereocenters. The van der Waals surface area contributed by atoms with Crippen molar-refractivity contribution < 1.29 is 14.3 Å². The third kappa shape index (κ3) is 3.38. The van der Waals surface area contributed by atoms with E-state index in [0.29, 0.717) is 31.5 Å². The molecule has 1 amide bonds. The summed E-state index contributed by atoms with van der Waals surface area (Å²) in [6.07, 6.45) is 3.23. The summed E-state index contributed by atoms with van der Waals surface area (Å²) in [5.74, 6) is 1.42. The van der Waals surface area contributed by atoms with Crippen LogP contribution in [0.3, 0.4) is 0 Å². The molecule has 0 saturated heterocycles. The fourth-order valence-corrected chi connectivity index (χ4v) is 1.97. The summed E-state index contributed by atoms with van der Waals surface area (Å²) in [6.45, 7) is 1.68. The lowest BCUT2D eigenvalue weighted by Gasteiger charge is -2.10. The van der Waals surface area contributed by atoms with Crippen LogP contribution in [0.4, 0.5) is 5.69 Å². The summed E-state index contributed by atoms with van der Waals surface area (Å²) in [6, 6.07) is 6.03. The zero-order valence-corrected chi connectivity index (χ0v) is 10.8. The Morgan fingerprint density at radius 2 is 2.00 bits per heavy atom.